The van der Waals surface area contributed by atoms with Gasteiger partial charge in [-0.25, -0.2) is 13.1 Å². The third kappa shape index (κ3) is 3.71. The molecule has 0 saturated carbocycles. The zero-order valence-electron chi connectivity index (χ0n) is 12.7. The highest BCUT2D eigenvalue weighted by atomic mass is 32.2. The topological polar surface area (TPSA) is 67.9 Å². The van der Waals surface area contributed by atoms with Gasteiger partial charge in [0.05, 0.1) is 6.26 Å². The summed E-state index contributed by atoms with van der Waals surface area (Å²) >= 11 is 0. The van der Waals surface area contributed by atoms with Crippen LogP contribution < -0.4 is 14.2 Å². The van der Waals surface area contributed by atoms with E-state index in [4.69, 9.17) is 9.47 Å². The molecule has 1 aromatic carbocycles. The second kappa shape index (κ2) is 6.44. The van der Waals surface area contributed by atoms with Gasteiger partial charge in [-0.15, -0.1) is 0 Å². The van der Waals surface area contributed by atoms with Gasteiger partial charge in [0.1, 0.15) is 0 Å². The summed E-state index contributed by atoms with van der Waals surface area (Å²) in [5, 5.41) is 0. The van der Waals surface area contributed by atoms with E-state index < -0.39 is 10.0 Å². The molecule has 2 heterocycles. The molecule has 6 nitrogen and oxygen atoms in total. The Bertz CT molecular complexity index is 626. The van der Waals surface area contributed by atoms with Crippen LogP contribution in [0.4, 0.5) is 0 Å². The van der Waals surface area contributed by atoms with Gasteiger partial charge < -0.3 is 9.47 Å². The van der Waals surface area contributed by atoms with Gasteiger partial charge in [-0.3, -0.25) is 4.90 Å². The SMILES string of the molecule is CS(=O)(=O)NCC(c1ccc2c(c1)OCO2)N1CCCCC1. The number of nitrogens with zero attached hydrogens (tertiary/aromatic N) is 1. The minimum absolute atomic E-state index is 0.0181. The fourth-order valence-corrected chi connectivity index (χ4v) is 3.50. The molecule has 1 fully saturated rings. The van der Waals surface area contributed by atoms with Gasteiger partial charge in [-0.2, -0.15) is 0 Å². The van der Waals surface area contributed by atoms with Crippen LogP contribution >= 0.6 is 0 Å². The lowest BCUT2D eigenvalue weighted by Gasteiger charge is -2.35. The third-order valence-corrected chi connectivity index (χ3v) is 4.84. The number of sulfonamides is 1. The van der Waals surface area contributed by atoms with Crippen LogP contribution in [0.25, 0.3) is 0 Å². The predicted molar refractivity (Wildman–Crippen MR) is 83.6 cm³/mol. The van der Waals surface area contributed by atoms with Crippen LogP contribution in [0.3, 0.4) is 0 Å². The molecule has 1 N–H and O–H groups in total. The number of piperidine rings is 1. The molecule has 1 aromatic rings. The van der Waals surface area contributed by atoms with E-state index in [2.05, 4.69) is 9.62 Å². The number of fused-ring (bicyclic) bond motifs is 1. The molecule has 22 heavy (non-hydrogen) atoms. The quantitative estimate of drug-likeness (QED) is 0.888. The first-order valence-corrected chi connectivity index (χ1v) is 9.50. The van der Waals surface area contributed by atoms with Crippen molar-refractivity contribution in [2.75, 3.05) is 32.7 Å². The maximum Gasteiger partial charge on any atom is 0.231 e. The molecule has 0 spiro atoms. The van der Waals surface area contributed by atoms with Crippen molar-refractivity contribution < 1.29 is 17.9 Å². The van der Waals surface area contributed by atoms with Crippen molar-refractivity contribution in [3.05, 3.63) is 23.8 Å². The zero-order valence-corrected chi connectivity index (χ0v) is 13.6. The maximum absolute atomic E-state index is 11.5. The van der Waals surface area contributed by atoms with Crippen LogP contribution in [0.5, 0.6) is 11.5 Å². The average molecular weight is 326 g/mol. The van der Waals surface area contributed by atoms with Gasteiger partial charge in [0.25, 0.3) is 0 Å². The third-order valence-electron chi connectivity index (χ3n) is 4.15. The number of ether oxygens (including phenoxy) is 2. The van der Waals surface area contributed by atoms with Crippen molar-refractivity contribution in [3.8, 4) is 11.5 Å². The fraction of sp³-hybridized carbons (Fsp3) is 0.600. The molecule has 1 saturated heterocycles. The van der Waals surface area contributed by atoms with Gasteiger partial charge in [0.2, 0.25) is 16.8 Å². The Morgan fingerprint density at radius 2 is 1.91 bits per heavy atom. The molecule has 0 amide bonds. The highest BCUT2D eigenvalue weighted by molar-refractivity contribution is 7.88. The molecule has 3 rings (SSSR count). The molecule has 1 unspecified atom stereocenters. The Morgan fingerprint density at radius 3 is 2.64 bits per heavy atom. The molecule has 0 radical (unpaired) electrons. The van der Waals surface area contributed by atoms with E-state index in [1.165, 1.54) is 12.7 Å². The molecular weight excluding hydrogens is 304 g/mol. The summed E-state index contributed by atoms with van der Waals surface area (Å²) in [5.41, 5.74) is 1.06. The summed E-state index contributed by atoms with van der Waals surface area (Å²) in [6, 6.07) is 5.88. The van der Waals surface area contributed by atoms with E-state index in [1.807, 2.05) is 18.2 Å². The summed E-state index contributed by atoms with van der Waals surface area (Å²) in [7, 11) is -3.21. The van der Waals surface area contributed by atoms with Crippen LogP contribution in [-0.2, 0) is 10.0 Å². The Hall–Kier alpha value is -1.31. The Morgan fingerprint density at radius 1 is 1.18 bits per heavy atom. The lowest BCUT2D eigenvalue weighted by Crippen LogP contribution is -2.40. The molecule has 0 aromatic heterocycles. The first-order chi connectivity index (χ1) is 10.5. The summed E-state index contributed by atoms with van der Waals surface area (Å²) in [6.45, 7) is 2.60. The summed E-state index contributed by atoms with van der Waals surface area (Å²) < 4.78 is 36.4. The highest BCUT2D eigenvalue weighted by Gasteiger charge is 2.25. The number of hydrogen-bond acceptors (Lipinski definition) is 5. The minimum Gasteiger partial charge on any atom is -0.454 e. The van der Waals surface area contributed by atoms with Crippen molar-refractivity contribution in [1.29, 1.82) is 0 Å². The molecule has 7 heteroatoms. The van der Waals surface area contributed by atoms with Crippen LogP contribution in [0.2, 0.25) is 0 Å². The number of likely N-dealkylation sites (tertiary alicyclic amines) is 1. The van der Waals surface area contributed by atoms with E-state index >= 15 is 0 Å². The highest BCUT2D eigenvalue weighted by Crippen LogP contribution is 2.36. The second-order valence-electron chi connectivity index (χ2n) is 5.85. The molecule has 122 valence electrons. The van der Waals surface area contributed by atoms with Gasteiger partial charge in [-0.05, 0) is 43.6 Å². The number of benzene rings is 1. The monoisotopic (exact) mass is 326 g/mol. The van der Waals surface area contributed by atoms with E-state index in [0.29, 0.717) is 6.54 Å². The van der Waals surface area contributed by atoms with E-state index in [9.17, 15) is 8.42 Å². The molecule has 2 aliphatic rings. The molecule has 2 aliphatic heterocycles. The van der Waals surface area contributed by atoms with Crippen molar-refractivity contribution in [1.82, 2.24) is 9.62 Å². The largest absolute Gasteiger partial charge is 0.454 e. The van der Waals surface area contributed by atoms with Crippen LogP contribution in [0, 0.1) is 0 Å². The average Bonchev–Trinajstić information content (AvgIpc) is 2.95. The van der Waals surface area contributed by atoms with Crippen LogP contribution in [-0.4, -0.2) is 46.0 Å². The molecule has 0 bridgehead atoms. The lowest BCUT2D eigenvalue weighted by molar-refractivity contribution is 0.164. The first-order valence-electron chi connectivity index (χ1n) is 7.61. The number of rotatable bonds is 5. The molecule has 1 atom stereocenters. The van der Waals surface area contributed by atoms with Gasteiger partial charge in [-0.1, -0.05) is 12.5 Å². The van der Waals surface area contributed by atoms with Crippen molar-refractivity contribution >= 4 is 10.0 Å². The molecule has 0 aliphatic carbocycles. The lowest BCUT2D eigenvalue weighted by atomic mass is 10.0. The van der Waals surface area contributed by atoms with Crippen LogP contribution in [0.1, 0.15) is 30.9 Å². The van der Waals surface area contributed by atoms with Crippen LogP contribution in [0.15, 0.2) is 18.2 Å². The predicted octanol–water partition coefficient (Wildman–Crippen LogP) is 1.49. The van der Waals surface area contributed by atoms with E-state index in [-0.39, 0.29) is 12.8 Å². The van der Waals surface area contributed by atoms with E-state index in [0.717, 1.165) is 43.0 Å². The van der Waals surface area contributed by atoms with Gasteiger partial charge in [0, 0.05) is 12.6 Å². The number of hydrogen-bond donors (Lipinski definition) is 1. The van der Waals surface area contributed by atoms with Crippen molar-refractivity contribution in [2.24, 2.45) is 0 Å². The zero-order chi connectivity index (χ0) is 15.6. The first kappa shape index (κ1) is 15.6. The Kier molecular flexibility index (Phi) is 4.56. The summed E-state index contributed by atoms with van der Waals surface area (Å²) in [4.78, 5) is 2.35. The second-order valence-corrected chi connectivity index (χ2v) is 7.68. The Labute approximate surface area is 131 Å². The smallest absolute Gasteiger partial charge is 0.231 e. The Balaban J connectivity index is 1.83. The summed E-state index contributed by atoms with van der Waals surface area (Å²) in [5.74, 6) is 1.48. The molecular formula is C15H22N2O4S. The van der Waals surface area contributed by atoms with Gasteiger partial charge in [0.15, 0.2) is 11.5 Å². The summed E-state index contributed by atoms with van der Waals surface area (Å²) in [6.07, 6.45) is 4.74. The van der Waals surface area contributed by atoms with Crippen molar-refractivity contribution in [3.63, 3.8) is 0 Å². The number of nitrogens with one attached hydrogen (secondary N) is 1. The van der Waals surface area contributed by atoms with E-state index in [1.54, 1.807) is 0 Å². The normalized spacial score (nSPS) is 20.0. The maximum atomic E-state index is 11.5. The van der Waals surface area contributed by atoms with Gasteiger partial charge >= 0.3 is 0 Å². The fourth-order valence-electron chi connectivity index (χ4n) is 3.04. The standard InChI is InChI=1S/C15H22N2O4S/c1-22(18,19)16-10-13(17-7-3-2-4-8-17)12-5-6-14-15(9-12)21-11-20-14/h5-6,9,13,16H,2-4,7-8,10-11H2,1H3. The minimum atomic E-state index is -3.21. The van der Waals surface area contributed by atoms with Crippen molar-refractivity contribution in [2.45, 2.75) is 25.3 Å².